The van der Waals surface area contributed by atoms with Gasteiger partial charge in [0.25, 0.3) is 0 Å². The molecular formula is C13H20FNO2. The zero-order valence-electron chi connectivity index (χ0n) is 10.6. The largest absolute Gasteiger partial charge is 0.496 e. The average molecular weight is 241 g/mol. The van der Waals surface area contributed by atoms with E-state index in [0.717, 1.165) is 17.5 Å². The molecule has 4 heteroatoms. The summed E-state index contributed by atoms with van der Waals surface area (Å²) in [6.45, 7) is 3.02. The van der Waals surface area contributed by atoms with Gasteiger partial charge >= 0.3 is 0 Å². The number of ether oxygens (including phenoxy) is 2. The quantitative estimate of drug-likeness (QED) is 0.832. The molecule has 1 aromatic rings. The summed E-state index contributed by atoms with van der Waals surface area (Å²) in [7, 11) is 3.14. The van der Waals surface area contributed by atoms with Crippen LogP contribution in [0.5, 0.6) is 5.75 Å². The smallest absolute Gasteiger partial charge is 0.127 e. The monoisotopic (exact) mass is 241 g/mol. The van der Waals surface area contributed by atoms with E-state index in [2.05, 4.69) is 6.92 Å². The first-order valence-corrected chi connectivity index (χ1v) is 5.69. The van der Waals surface area contributed by atoms with Crippen molar-refractivity contribution in [3.05, 3.63) is 29.1 Å². The molecule has 0 spiro atoms. The second-order valence-electron chi connectivity index (χ2n) is 4.09. The summed E-state index contributed by atoms with van der Waals surface area (Å²) in [5.41, 5.74) is 7.38. The van der Waals surface area contributed by atoms with Gasteiger partial charge in [-0.3, -0.25) is 0 Å². The van der Waals surface area contributed by atoms with Crippen molar-refractivity contribution in [3.63, 3.8) is 0 Å². The number of benzene rings is 1. The number of methoxy groups -OCH3 is 2. The van der Waals surface area contributed by atoms with Gasteiger partial charge in [-0.2, -0.15) is 0 Å². The third-order valence-corrected chi connectivity index (χ3v) is 2.80. The lowest BCUT2D eigenvalue weighted by Crippen LogP contribution is -2.09. The lowest BCUT2D eigenvalue weighted by atomic mass is 9.92. The van der Waals surface area contributed by atoms with Gasteiger partial charge in [0.2, 0.25) is 0 Å². The highest BCUT2D eigenvalue weighted by Gasteiger charge is 2.17. The van der Waals surface area contributed by atoms with Crippen LogP contribution in [0.25, 0.3) is 0 Å². The van der Waals surface area contributed by atoms with E-state index >= 15 is 0 Å². The predicted octanol–water partition coefficient (Wildman–Crippen LogP) is 2.43. The molecule has 96 valence electrons. The molecule has 0 aliphatic carbocycles. The molecule has 0 aromatic heterocycles. The molecule has 0 bridgehead atoms. The van der Waals surface area contributed by atoms with E-state index in [9.17, 15) is 4.39 Å². The van der Waals surface area contributed by atoms with Gasteiger partial charge < -0.3 is 15.2 Å². The van der Waals surface area contributed by atoms with Crippen molar-refractivity contribution in [2.75, 3.05) is 20.8 Å². The van der Waals surface area contributed by atoms with Crippen LogP contribution in [-0.4, -0.2) is 20.8 Å². The van der Waals surface area contributed by atoms with E-state index in [1.807, 2.05) is 0 Å². The number of rotatable bonds is 6. The molecule has 0 aliphatic heterocycles. The maximum atomic E-state index is 13.4. The van der Waals surface area contributed by atoms with Crippen LogP contribution in [0.4, 0.5) is 4.39 Å². The van der Waals surface area contributed by atoms with E-state index in [4.69, 9.17) is 15.2 Å². The summed E-state index contributed by atoms with van der Waals surface area (Å²) in [6, 6.07) is 2.90. The first-order valence-electron chi connectivity index (χ1n) is 5.69. The predicted molar refractivity (Wildman–Crippen MR) is 65.8 cm³/mol. The van der Waals surface area contributed by atoms with Crippen molar-refractivity contribution < 1.29 is 13.9 Å². The molecule has 0 saturated carbocycles. The molecule has 0 fully saturated rings. The molecule has 1 aromatic carbocycles. The van der Waals surface area contributed by atoms with Crippen LogP contribution in [0.15, 0.2) is 12.1 Å². The van der Waals surface area contributed by atoms with Crippen LogP contribution >= 0.6 is 0 Å². The van der Waals surface area contributed by atoms with E-state index in [1.54, 1.807) is 14.2 Å². The minimum atomic E-state index is -0.308. The van der Waals surface area contributed by atoms with Crippen molar-refractivity contribution in [1.29, 1.82) is 0 Å². The topological polar surface area (TPSA) is 44.5 Å². The SMILES string of the molecule is COCc1cc(F)cc(OC)c1C(C)CCN. The standard InChI is InChI=1S/C13H20FNO2/c1-9(4-5-15)13-10(8-16-2)6-11(14)7-12(13)17-3/h6-7,9H,4-5,8,15H2,1-3H3. The summed E-state index contributed by atoms with van der Waals surface area (Å²) < 4.78 is 23.7. The van der Waals surface area contributed by atoms with Gasteiger partial charge in [0.05, 0.1) is 13.7 Å². The lowest BCUT2D eigenvalue weighted by Gasteiger charge is -2.19. The van der Waals surface area contributed by atoms with E-state index < -0.39 is 0 Å². The Morgan fingerprint density at radius 3 is 2.59 bits per heavy atom. The van der Waals surface area contributed by atoms with E-state index in [0.29, 0.717) is 18.9 Å². The molecule has 17 heavy (non-hydrogen) atoms. The fraction of sp³-hybridized carbons (Fsp3) is 0.538. The van der Waals surface area contributed by atoms with Crippen LogP contribution in [-0.2, 0) is 11.3 Å². The van der Waals surface area contributed by atoms with Gasteiger partial charge in [0, 0.05) is 18.7 Å². The second kappa shape index (κ2) is 6.57. The van der Waals surface area contributed by atoms with Gasteiger partial charge in [-0.15, -0.1) is 0 Å². The third kappa shape index (κ3) is 3.41. The molecule has 1 unspecified atom stereocenters. The maximum Gasteiger partial charge on any atom is 0.127 e. The van der Waals surface area contributed by atoms with Crippen molar-refractivity contribution in [2.45, 2.75) is 25.9 Å². The number of hydrogen-bond donors (Lipinski definition) is 1. The van der Waals surface area contributed by atoms with Crippen molar-refractivity contribution in [1.82, 2.24) is 0 Å². The second-order valence-corrected chi connectivity index (χ2v) is 4.09. The summed E-state index contributed by atoms with van der Waals surface area (Å²) in [5, 5.41) is 0. The van der Waals surface area contributed by atoms with Crippen LogP contribution in [0.3, 0.4) is 0 Å². The van der Waals surface area contributed by atoms with Crippen molar-refractivity contribution in [2.24, 2.45) is 5.73 Å². The molecule has 1 atom stereocenters. The normalized spacial score (nSPS) is 12.5. The minimum absolute atomic E-state index is 0.223. The Morgan fingerprint density at radius 1 is 1.35 bits per heavy atom. The number of nitrogens with two attached hydrogens (primary N) is 1. The zero-order valence-corrected chi connectivity index (χ0v) is 10.6. The Bertz CT molecular complexity index is 369. The number of hydrogen-bond acceptors (Lipinski definition) is 3. The molecule has 2 N–H and O–H groups in total. The van der Waals surface area contributed by atoms with E-state index in [-0.39, 0.29) is 11.7 Å². The first kappa shape index (κ1) is 13.9. The van der Waals surface area contributed by atoms with Gasteiger partial charge in [0.1, 0.15) is 11.6 Å². The Hall–Kier alpha value is -1.13. The van der Waals surface area contributed by atoms with Gasteiger partial charge in [-0.1, -0.05) is 6.92 Å². The van der Waals surface area contributed by atoms with Crippen molar-refractivity contribution in [3.8, 4) is 5.75 Å². The highest BCUT2D eigenvalue weighted by Crippen LogP contribution is 2.33. The van der Waals surface area contributed by atoms with E-state index in [1.165, 1.54) is 12.1 Å². The van der Waals surface area contributed by atoms with Crippen LogP contribution in [0.2, 0.25) is 0 Å². The Kier molecular flexibility index (Phi) is 5.38. The third-order valence-electron chi connectivity index (χ3n) is 2.80. The average Bonchev–Trinajstić information content (AvgIpc) is 2.28. The molecule has 0 aliphatic rings. The fourth-order valence-corrected chi connectivity index (χ4v) is 2.04. The molecule has 3 nitrogen and oxygen atoms in total. The number of halogens is 1. The van der Waals surface area contributed by atoms with Crippen LogP contribution < -0.4 is 10.5 Å². The molecule has 0 radical (unpaired) electrons. The van der Waals surface area contributed by atoms with Gasteiger partial charge in [-0.05, 0) is 30.5 Å². The molecule has 0 heterocycles. The van der Waals surface area contributed by atoms with Crippen LogP contribution in [0.1, 0.15) is 30.4 Å². The fourth-order valence-electron chi connectivity index (χ4n) is 2.04. The zero-order chi connectivity index (χ0) is 12.8. The highest BCUT2D eigenvalue weighted by molar-refractivity contribution is 5.43. The molecule has 0 amide bonds. The molecule has 0 saturated heterocycles. The van der Waals surface area contributed by atoms with Crippen molar-refractivity contribution >= 4 is 0 Å². The van der Waals surface area contributed by atoms with Crippen LogP contribution in [0, 0.1) is 5.82 Å². The minimum Gasteiger partial charge on any atom is -0.496 e. The summed E-state index contributed by atoms with van der Waals surface area (Å²) >= 11 is 0. The Balaban J connectivity index is 3.20. The lowest BCUT2D eigenvalue weighted by molar-refractivity contribution is 0.183. The van der Waals surface area contributed by atoms with Gasteiger partial charge in [-0.25, -0.2) is 4.39 Å². The molecule has 1 rings (SSSR count). The summed E-state index contributed by atoms with van der Waals surface area (Å²) in [6.07, 6.45) is 0.832. The molecular weight excluding hydrogens is 221 g/mol. The first-order chi connectivity index (χ1) is 8.13. The summed E-state index contributed by atoms with van der Waals surface area (Å²) in [5.74, 6) is 0.483. The van der Waals surface area contributed by atoms with Gasteiger partial charge in [0.15, 0.2) is 0 Å². The maximum absolute atomic E-state index is 13.4. The Labute approximate surface area is 102 Å². The Morgan fingerprint density at radius 2 is 2.06 bits per heavy atom. The summed E-state index contributed by atoms with van der Waals surface area (Å²) in [4.78, 5) is 0. The highest BCUT2D eigenvalue weighted by atomic mass is 19.1.